The number of hydrogen-bond acceptors (Lipinski definition) is 4. The molecule has 1 aromatic carbocycles. The number of nitrogens with zero attached hydrogens (tertiary/aromatic N) is 1. The summed E-state index contributed by atoms with van der Waals surface area (Å²) in [5.74, 6) is -0.509. The molecule has 1 aromatic rings. The van der Waals surface area contributed by atoms with Gasteiger partial charge in [-0.15, -0.1) is 0 Å². The van der Waals surface area contributed by atoms with E-state index in [2.05, 4.69) is 0 Å². The maximum Gasteiger partial charge on any atom is 0.410 e. The molecule has 1 aliphatic heterocycles. The number of nitrogens with two attached hydrogens (primary N) is 1. The minimum Gasteiger partial charge on any atom is -0.508 e. The summed E-state index contributed by atoms with van der Waals surface area (Å²) in [5.41, 5.74) is 5.73. The zero-order valence-corrected chi connectivity index (χ0v) is 13.2. The number of phenols is 1. The summed E-state index contributed by atoms with van der Waals surface area (Å²) in [5, 5.41) is 10.0. The fourth-order valence-corrected chi connectivity index (χ4v) is 2.62. The van der Waals surface area contributed by atoms with Crippen LogP contribution in [0.25, 0.3) is 0 Å². The van der Waals surface area contributed by atoms with Gasteiger partial charge in [0.1, 0.15) is 17.2 Å². The molecule has 3 N–H and O–H groups in total. The Balaban J connectivity index is 2.31. The van der Waals surface area contributed by atoms with Gasteiger partial charge in [0.05, 0.1) is 6.04 Å². The molecule has 0 aromatic heterocycles. The molecule has 0 saturated carbocycles. The van der Waals surface area contributed by atoms with E-state index in [-0.39, 0.29) is 11.8 Å². The highest BCUT2D eigenvalue weighted by Crippen LogP contribution is 2.36. The second-order valence-corrected chi connectivity index (χ2v) is 6.68. The zero-order chi connectivity index (χ0) is 16.5. The van der Waals surface area contributed by atoms with Crippen molar-refractivity contribution < 1.29 is 19.0 Å². The van der Waals surface area contributed by atoms with Crippen molar-refractivity contribution in [3.63, 3.8) is 0 Å². The van der Waals surface area contributed by atoms with Crippen LogP contribution < -0.4 is 5.73 Å². The molecule has 0 bridgehead atoms. The number of aromatic hydroxyl groups is 1. The molecule has 2 unspecified atom stereocenters. The molecule has 2 rings (SSSR count). The molecule has 1 saturated heterocycles. The molecule has 0 radical (unpaired) electrons. The molecule has 1 amide bonds. The summed E-state index contributed by atoms with van der Waals surface area (Å²) in [6, 6.07) is 3.12. The normalized spacial score (nSPS) is 22.5. The second kappa shape index (κ2) is 6.12. The largest absolute Gasteiger partial charge is 0.508 e. The van der Waals surface area contributed by atoms with Crippen molar-refractivity contribution in [1.82, 2.24) is 4.90 Å². The van der Waals surface area contributed by atoms with Gasteiger partial charge in [-0.05, 0) is 51.8 Å². The van der Waals surface area contributed by atoms with Gasteiger partial charge in [-0.1, -0.05) is 0 Å². The van der Waals surface area contributed by atoms with Crippen molar-refractivity contribution in [2.75, 3.05) is 6.54 Å². The Kier molecular flexibility index (Phi) is 4.60. The van der Waals surface area contributed by atoms with Crippen LogP contribution in [0.1, 0.15) is 45.2 Å². The Morgan fingerprint density at radius 1 is 1.45 bits per heavy atom. The molecule has 122 valence electrons. The Morgan fingerprint density at radius 3 is 2.77 bits per heavy atom. The lowest BCUT2D eigenvalue weighted by molar-refractivity contribution is 0.00771. The van der Waals surface area contributed by atoms with Crippen molar-refractivity contribution in [2.24, 2.45) is 5.73 Å². The van der Waals surface area contributed by atoms with Crippen LogP contribution in [0.15, 0.2) is 18.2 Å². The number of carbonyl (C=O) groups excluding carboxylic acids is 1. The number of ether oxygens (including phenoxy) is 1. The Bertz CT molecular complexity index is 557. The molecule has 2 atom stereocenters. The molecule has 0 spiro atoms. The van der Waals surface area contributed by atoms with Crippen molar-refractivity contribution >= 4 is 6.09 Å². The Hall–Kier alpha value is -1.82. The monoisotopic (exact) mass is 310 g/mol. The summed E-state index contributed by atoms with van der Waals surface area (Å²) in [6.07, 6.45) is 0.621. The summed E-state index contributed by atoms with van der Waals surface area (Å²) >= 11 is 0. The van der Waals surface area contributed by atoms with Gasteiger partial charge in [-0.2, -0.15) is 0 Å². The number of carbonyl (C=O) groups is 1. The fraction of sp³-hybridized carbons (Fsp3) is 0.562. The summed E-state index contributed by atoms with van der Waals surface area (Å²) in [7, 11) is 0. The fourth-order valence-electron chi connectivity index (χ4n) is 2.62. The van der Waals surface area contributed by atoms with E-state index >= 15 is 0 Å². The molecule has 1 aliphatic rings. The van der Waals surface area contributed by atoms with E-state index in [0.717, 1.165) is 0 Å². The maximum absolute atomic E-state index is 13.5. The molecule has 6 heteroatoms. The molecular weight excluding hydrogens is 287 g/mol. The average Bonchev–Trinajstić information content (AvgIpc) is 2.39. The van der Waals surface area contributed by atoms with E-state index in [1.807, 2.05) is 0 Å². The highest BCUT2D eigenvalue weighted by Gasteiger charge is 2.35. The minimum absolute atomic E-state index is 0.0472. The van der Waals surface area contributed by atoms with E-state index in [4.69, 9.17) is 10.5 Å². The maximum atomic E-state index is 13.5. The Morgan fingerprint density at radius 2 is 2.14 bits per heavy atom. The van der Waals surface area contributed by atoms with Crippen LogP contribution in [-0.4, -0.2) is 34.3 Å². The summed E-state index contributed by atoms with van der Waals surface area (Å²) in [4.78, 5) is 13.9. The van der Waals surface area contributed by atoms with E-state index in [1.54, 1.807) is 20.8 Å². The number of halogens is 1. The second-order valence-electron chi connectivity index (χ2n) is 6.68. The first-order valence-electron chi connectivity index (χ1n) is 7.41. The van der Waals surface area contributed by atoms with Gasteiger partial charge in [0.25, 0.3) is 0 Å². The number of amides is 1. The topological polar surface area (TPSA) is 75.8 Å². The first-order valence-corrected chi connectivity index (χ1v) is 7.41. The lowest BCUT2D eigenvalue weighted by Crippen LogP contribution is -2.46. The van der Waals surface area contributed by atoms with Crippen LogP contribution in [0.5, 0.6) is 5.75 Å². The zero-order valence-electron chi connectivity index (χ0n) is 13.2. The van der Waals surface area contributed by atoms with Crippen LogP contribution in [0.2, 0.25) is 0 Å². The highest BCUT2D eigenvalue weighted by molar-refractivity contribution is 5.69. The minimum atomic E-state index is -0.620. The smallest absolute Gasteiger partial charge is 0.410 e. The number of benzene rings is 1. The number of phenolic OH excluding ortho intramolecular Hbond substituents is 1. The Labute approximate surface area is 129 Å². The molecule has 0 aliphatic carbocycles. The van der Waals surface area contributed by atoms with Crippen LogP contribution >= 0.6 is 0 Å². The average molecular weight is 310 g/mol. The third-order valence-electron chi connectivity index (χ3n) is 3.62. The molecular formula is C16H23FN2O3. The van der Waals surface area contributed by atoms with Crippen molar-refractivity contribution in [3.05, 3.63) is 29.6 Å². The first kappa shape index (κ1) is 16.5. The van der Waals surface area contributed by atoms with Gasteiger partial charge in [0.2, 0.25) is 0 Å². The van der Waals surface area contributed by atoms with Gasteiger partial charge >= 0.3 is 6.09 Å². The molecule has 5 nitrogen and oxygen atoms in total. The number of likely N-dealkylation sites (tertiary alicyclic amines) is 1. The highest BCUT2D eigenvalue weighted by atomic mass is 19.1. The van der Waals surface area contributed by atoms with Crippen molar-refractivity contribution in [1.29, 1.82) is 0 Å². The lowest BCUT2D eigenvalue weighted by Gasteiger charge is -2.39. The van der Waals surface area contributed by atoms with Crippen molar-refractivity contribution in [2.45, 2.75) is 51.3 Å². The van der Waals surface area contributed by atoms with Gasteiger partial charge in [0.15, 0.2) is 0 Å². The molecule has 1 fully saturated rings. The van der Waals surface area contributed by atoms with E-state index in [9.17, 15) is 14.3 Å². The number of hydrogen-bond donors (Lipinski definition) is 2. The third-order valence-corrected chi connectivity index (χ3v) is 3.62. The van der Waals surface area contributed by atoms with Crippen molar-refractivity contribution in [3.8, 4) is 5.75 Å². The van der Waals surface area contributed by atoms with Gasteiger partial charge < -0.3 is 20.5 Å². The molecule has 1 heterocycles. The quantitative estimate of drug-likeness (QED) is 0.836. The lowest BCUT2D eigenvalue weighted by atomic mass is 9.92. The predicted molar refractivity (Wildman–Crippen MR) is 81.0 cm³/mol. The predicted octanol–water partition coefficient (Wildman–Crippen LogP) is 2.93. The third kappa shape index (κ3) is 3.88. The van der Waals surface area contributed by atoms with Crippen LogP contribution in [-0.2, 0) is 4.74 Å². The standard InChI is InChI=1S/C16H23FN2O3/c1-16(2,3)22-15(21)19-7-6-11(18)9-13(19)12-8-10(17)4-5-14(12)20/h4-5,8,11,13,20H,6-7,9,18H2,1-3H3. The van der Waals surface area contributed by atoms with E-state index < -0.39 is 23.6 Å². The van der Waals surface area contributed by atoms with E-state index in [1.165, 1.54) is 23.1 Å². The van der Waals surface area contributed by atoms with Gasteiger partial charge in [-0.25, -0.2) is 9.18 Å². The van der Waals surface area contributed by atoms with E-state index in [0.29, 0.717) is 24.9 Å². The summed E-state index contributed by atoms with van der Waals surface area (Å²) in [6.45, 7) is 5.77. The van der Waals surface area contributed by atoms with Crippen LogP contribution in [0.4, 0.5) is 9.18 Å². The van der Waals surface area contributed by atoms with Gasteiger partial charge in [0, 0.05) is 18.2 Å². The SMILES string of the molecule is CC(C)(C)OC(=O)N1CCC(N)CC1c1cc(F)ccc1O. The summed E-state index contributed by atoms with van der Waals surface area (Å²) < 4.78 is 18.9. The van der Waals surface area contributed by atoms with Crippen LogP contribution in [0, 0.1) is 5.82 Å². The van der Waals surface area contributed by atoms with Crippen LogP contribution in [0.3, 0.4) is 0 Å². The molecule has 22 heavy (non-hydrogen) atoms. The van der Waals surface area contributed by atoms with Gasteiger partial charge in [-0.3, -0.25) is 0 Å². The first-order chi connectivity index (χ1) is 10.2. The number of piperidine rings is 1. The number of rotatable bonds is 1.